The first kappa shape index (κ1) is 8.90. The Kier molecular flexibility index (Phi) is 3.42. The van der Waals surface area contributed by atoms with Crippen molar-refractivity contribution in [1.82, 2.24) is 10.2 Å². The molecule has 0 aromatic rings. The predicted molar refractivity (Wildman–Crippen MR) is 34.3 cm³/mol. The van der Waals surface area contributed by atoms with E-state index in [4.69, 9.17) is 5.11 Å². The number of rotatable bonds is 1. The second-order valence-electron chi connectivity index (χ2n) is 1.67. The molecule has 2 N–H and O–H groups in total. The van der Waals surface area contributed by atoms with Gasteiger partial charge in [-0.1, -0.05) is 0 Å². The largest absolute Gasteiger partial charge is 0.387 e. The second-order valence-corrected chi connectivity index (χ2v) is 1.67. The van der Waals surface area contributed by atoms with Crippen LogP contribution in [0.1, 0.15) is 0 Å². The Morgan fingerprint density at radius 2 is 2.10 bits per heavy atom. The number of nitrogens with zero attached hydrogens (tertiary/aromatic N) is 1. The van der Waals surface area contributed by atoms with E-state index in [0.29, 0.717) is 0 Å². The van der Waals surface area contributed by atoms with Gasteiger partial charge in [0.05, 0.1) is 0 Å². The Morgan fingerprint density at radius 3 is 2.40 bits per heavy atom. The number of aliphatic hydroxyl groups is 1. The van der Waals surface area contributed by atoms with Crippen molar-refractivity contribution < 1.29 is 14.7 Å². The lowest BCUT2D eigenvalue weighted by Gasteiger charge is -2.11. The van der Waals surface area contributed by atoms with Crippen LogP contribution in [-0.4, -0.2) is 42.6 Å². The molecule has 0 bridgehead atoms. The summed E-state index contributed by atoms with van der Waals surface area (Å²) in [6.07, 6.45) is 0. The van der Waals surface area contributed by atoms with Crippen molar-refractivity contribution in [1.29, 1.82) is 0 Å². The molecule has 0 heterocycles. The molecule has 58 valence electrons. The average Bonchev–Trinajstić information content (AvgIpc) is 2.00. The summed E-state index contributed by atoms with van der Waals surface area (Å²) < 4.78 is 0. The Labute approximate surface area is 58.6 Å². The second kappa shape index (κ2) is 3.84. The van der Waals surface area contributed by atoms with E-state index in [9.17, 15) is 9.59 Å². The number of imide groups is 1. The molecule has 0 saturated carbocycles. The number of hydrogen-bond donors (Lipinski definition) is 2. The van der Waals surface area contributed by atoms with Crippen molar-refractivity contribution in [2.45, 2.75) is 0 Å². The van der Waals surface area contributed by atoms with Gasteiger partial charge in [-0.2, -0.15) is 0 Å². The lowest BCUT2D eigenvalue weighted by Crippen LogP contribution is -2.40. The van der Waals surface area contributed by atoms with Crippen molar-refractivity contribution in [3.63, 3.8) is 0 Å². The summed E-state index contributed by atoms with van der Waals surface area (Å²) in [6.45, 7) is -0.649. The molecule has 0 radical (unpaired) electrons. The number of aliphatic hydroxyl groups excluding tert-OH is 1. The number of nitrogens with one attached hydrogen (secondary N) is 1. The Bertz CT molecular complexity index is 130. The van der Waals surface area contributed by atoms with Gasteiger partial charge in [-0.3, -0.25) is 9.69 Å². The van der Waals surface area contributed by atoms with Crippen LogP contribution < -0.4 is 5.32 Å². The van der Waals surface area contributed by atoms with Crippen LogP contribution in [0.3, 0.4) is 0 Å². The number of carbonyl (C=O) groups excluding carboxylic acids is 2. The third kappa shape index (κ3) is 2.02. The van der Waals surface area contributed by atoms with E-state index in [1.807, 2.05) is 0 Å². The van der Waals surface area contributed by atoms with Crippen molar-refractivity contribution >= 4 is 11.9 Å². The van der Waals surface area contributed by atoms with E-state index in [1.54, 1.807) is 0 Å². The summed E-state index contributed by atoms with van der Waals surface area (Å²) in [5.74, 6) is -0.626. The van der Waals surface area contributed by atoms with E-state index in [-0.39, 0.29) is 0 Å². The van der Waals surface area contributed by atoms with Crippen LogP contribution >= 0.6 is 0 Å². The molecule has 0 fully saturated rings. The summed E-state index contributed by atoms with van der Waals surface area (Å²) in [4.78, 5) is 21.9. The molecule has 0 rings (SSSR count). The van der Waals surface area contributed by atoms with Gasteiger partial charge in [0.2, 0.25) is 0 Å². The Balaban J connectivity index is 3.94. The standard InChI is InChI=1S/C5H10N2O3/c1-6-5(10)7(2)4(9)3-8/h8H,3H2,1-2H3,(H,6,10). The lowest BCUT2D eigenvalue weighted by atomic mass is 10.6. The van der Waals surface area contributed by atoms with Gasteiger partial charge in [0, 0.05) is 14.1 Å². The highest BCUT2D eigenvalue weighted by atomic mass is 16.3. The Hall–Kier alpha value is -1.10. The molecule has 0 aromatic carbocycles. The molecule has 0 unspecified atom stereocenters. The minimum absolute atomic E-state index is 0.529. The van der Waals surface area contributed by atoms with Gasteiger partial charge in [0.15, 0.2) is 0 Å². The first-order chi connectivity index (χ1) is 4.63. The quantitative estimate of drug-likeness (QED) is 0.487. The van der Waals surface area contributed by atoms with Crippen molar-refractivity contribution in [2.24, 2.45) is 0 Å². The van der Waals surface area contributed by atoms with Crippen LogP contribution in [-0.2, 0) is 4.79 Å². The average molecular weight is 146 g/mol. The molecule has 0 aliphatic carbocycles. The highest BCUT2D eigenvalue weighted by Crippen LogP contribution is 1.82. The monoisotopic (exact) mass is 146 g/mol. The summed E-state index contributed by atoms with van der Waals surface area (Å²) >= 11 is 0. The third-order valence-electron chi connectivity index (χ3n) is 1.03. The maximum atomic E-state index is 10.6. The van der Waals surface area contributed by atoms with Gasteiger partial charge in [0.1, 0.15) is 6.61 Å². The van der Waals surface area contributed by atoms with Gasteiger partial charge < -0.3 is 10.4 Å². The molecule has 5 heteroatoms. The van der Waals surface area contributed by atoms with Gasteiger partial charge in [-0.15, -0.1) is 0 Å². The summed E-state index contributed by atoms with van der Waals surface area (Å²) in [5.41, 5.74) is 0. The minimum atomic E-state index is -0.649. The maximum absolute atomic E-state index is 10.6. The van der Waals surface area contributed by atoms with Crippen LogP contribution in [0.15, 0.2) is 0 Å². The van der Waals surface area contributed by atoms with Crippen molar-refractivity contribution in [2.75, 3.05) is 20.7 Å². The number of hydrogen-bond acceptors (Lipinski definition) is 3. The van der Waals surface area contributed by atoms with E-state index >= 15 is 0 Å². The molecule has 0 atom stereocenters. The molecular formula is C5H10N2O3. The molecule has 0 saturated heterocycles. The van der Waals surface area contributed by atoms with Gasteiger partial charge in [0.25, 0.3) is 5.91 Å². The van der Waals surface area contributed by atoms with Gasteiger partial charge >= 0.3 is 6.03 Å². The first-order valence-corrected chi connectivity index (χ1v) is 2.72. The topological polar surface area (TPSA) is 69.6 Å². The number of urea groups is 1. The van der Waals surface area contributed by atoms with Gasteiger partial charge in [-0.25, -0.2) is 4.79 Å². The van der Waals surface area contributed by atoms with Gasteiger partial charge in [-0.05, 0) is 0 Å². The molecule has 0 aliphatic heterocycles. The molecule has 3 amide bonds. The molecule has 0 spiro atoms. The van der Waals surface area contributed by atoms with E-state index < -0.39 is 18.5 Å². The fourth-order valence-corrected chi connectivity index (χ4v) is 0.387. The highest BCUT2D eigenvalue weighted by molar-refractivity contribution is 5.94. The van der Waals surface area contributed by atoms with Crippen LogP contribution in [0.2, 0.25) is 0 Å². The van der Waals surface area contributed by atoms with Crippen LogP contribution in [0.25, 0.3) is 0 Å². The number of amides is 3. The van der Waals surface area contributed by atoms with Crippen LogP contribution in [0.5, 0.6) is 0 Å². The molecular weight excluding hydrogens is 136 g/mol. The zero-order chi connectivity index (χ0) is 8.15. The first-order valence-electron chi connectivity index (χ1n) is 2.72. The third-order valence-corrected chi connectivity index (χ3v) is 1.03. The SMILES string of the molecule is CNC(=O)N(C)C(=O)CO. The summed E-state index contributed by atoms with van der Waals surface area (Å²) in [5, 5.41) is 10.5. The van der Waals surface area contributed by atoms with E-state index in [1.165, 1.54) is 14.1 Å². The van der Waals surface area contributed by atoms with Crippen molar-refractivity contribution in [3.05, 3.63) is 0 Å². The molecule has 10 heavy (non-hydrogen) atoms. The number of carbonyl (C=O) groups is 2. The summed E-state index contributed by atoms with van der Waals surface area (Å²) in [7, 11) is 2.70. The smallest absolute Gasteiger partial charge is 0.323 e. The minimum Gasteiger partial charge on any atom is -0.387 e. The fourth-order valence-electron chi connectivity index (χ4n) is 0.387. The zero-order valence-electron chi connectivity index (χ0n) is 5.92. The highest BCUT2D eigenvalue weighted by Gasteiger charge is 2.12. The lowest BCUT2D eigenvalue weighted by molar-refractivity contribution is -0.130. The van der Waals surface area contributed by atoms with E-state index in [2.05, 4.69) is 5.32 Å². The Morgan fingerprint density at radius 1 is 1.60 bits per heavy atom. The summed E-state index contributed by atoms with van der Waals surface area (Å²) in [6, 6.07) is -0.529. The van der Waals surface area contributed by atoms with Crippen molar-refractivity contribution in [3.8, 4) is 0 Å². The molecule has 0 aromatic heterocycles. The predicted octanol–water partition coefficient (Wildman–Crippen LogP) is -1.22. The van der Waals surface area contributed by atoms with Crippen LogP contribution in [0, 0.1) is 0 Å². The molecule has 0 aliphatic rings. The fraction of sp³-hybridized carbons (Fsp3) is 0.600. The molecule has 5 nitrogen and oxygen atoms in total. The normalized spacial score (nSPS) is 8.70. The maximum Gasteiger partial charge on any atom is 0.323 e. The number of likely N-dealkylation sites (N-methyl/N-ethyl adjacent to an activating group) is 1. The zero-order valence-corrected chi connectivity index (χ0v) is 5.92. The van der Waals surface area contributed by atoms with E-state index in [0.717, 1.165) is 4.90 Å². The van der Waals surface area contributed by atoms with Crippen LogP contribution in [0.4, 0.5) is 4.79 Å².